The first kappa shape index (κ1) is 15.4. The third kappa shape index (κ3) is 2.35. The van der Waals surface area contributed by atoms with Gasteiger partial charge in [-0.2, -0.15) is 0 Å². The Balaban J connectivity index is 2.98. The van der Waals surface area contributed by atoms with Crippen LogP contribution in [0.25, 0.3) is 17.8 Å². The predicted octanol–water partition coefficient (Wildman–Crippen LogP) is 1.35. The van der Waals surface area contributed by atoms with Gasteiger partial charge in [-0.15, -0.1) is 0 Å². The zero-order valence-corrected chi connectivity index (χ0v) is 12.4. The zero-order valence-electron chi connectivity index (χ0n) is 12.4. The number of carbonyl (C=O) groups is 1. The summed E-state index contributed by atoms with van der Waals surface area (Å²) in [5, 5.41) is 0.770. The summed E-state index contributed by atoms with van der Waals surface area (Å²) in [7, 11) is 0. The molecule has 0 N–H and O–H groups in total. The van der Waals surface area contributed by atoms with Crippen LogP contribution in [0.4, 0.5) is 0 Å². The monoisotopic (exact) mass is 292 g/mol. The number of fused-ring (bicyclic) bond motifs is 1. The molecule has 0 aliphatic carbocycles. The summed E-state index contributed by atoms with van der Waals surface area (Å²) < 4.78 is 1.33. The molecule has 110 valence electrons. The van der Waals surface area contributed by atoms with Crippen molar-refractivity contribution in [1.29, 1.82) is 0 Å². The molecule has 0 amide bonds. The largest absolute Gasteiger partial charge is 0.285 e. The molecular formula is C18H16N2O2. The van der Waals surface area contributed by atoms with Gasteiger partial charge < -0.3 is 0 Å². The fourth-order valence-corrected chi connectivity index (χ4v) is 2.25. The fraction of sp³-hybridized carbons (Fsp3) is 0.0556. The van der Waals surface area contributed by atoms with E-state index in [0.29, 0.717) is 21.8 Å². The van der Waals surface area contributed by atoms with E-state index >= 15 is 0 Å². The van der Waals surface area contributed by atoms with Crippen molar-refractivity contribution >= 4 is 23.6 Å². The van der Waals surface area contributed by atoms with Crippen LogP contribution in [0.5, 0.6) is 0 Å². The van der Waals surface area contributed by atoms with Crippen molar-refractivity contribution in [3.8, 4) is 0 Å². The van der Waals surface area contributed by atoms with Gasteiger partial charge in [0.15, 0.2) is 5.82 Å². The summed E-state index contributed by atoms with van der Waals surface area (Å²) in [6.07, 6.45) is 11.1. The molecule has 0 fully saturated rings. The Hall–Kier alpha value is -3.01. The Morgan fingerprint density at radius 2 is 1.73 bits per heavy atom. The smallest absolute Gasteiger partial charge is 0.266 e. The number of allylic oxidation sites excluding steroid dienone is 7. The van der Waals surface area contributed by atoms with Gasteiger partial charge in [0.05, 0.1) is 16.3 Å². The lowest BCUT2D eigenvalue weighted by Crippen LogP contribution is -2.47. The third-order valence-corrected chi connectivity index (χ3v) is 3.27. The Kier molecular flexibility index (Phi) is 4.32. The van der Waals surface area contributed by atoms with Crippen molar-refractivity contribution in [2.75, 3.05) is 0 Å². The maximum Gasteiger partial charge on any atom is 0.266 e. The summed E-state index contributed by atoms with van der Waals surface area (Å²) in [5.74, 6) is -0.148. The van der Waals surface area contributed by atoms with E-state index in [2.05, 4.69) is 24.7 Å². The molecule has 0 saturated heterocycles. The quantitative estimate of drug-likeness (QED) is 0.787. The Labute approximate surface area is 128 Å². The summed E-state index contributed by atoms with van der Waals surface area (Å²) in [5.41, 5.74) is 0.677. The molecule has 1 aromatic rings. The maximum atomic E-state index is 12.8. The number of carbonyl (C=O) groups excluding carboxylic acids is 1. The Morgan fingerprint density at radius 3 is 2.32 bits per heavy atom. The minimum Gasteiger partial charge on any atom is -0.285 e. The van der Waals surface area contributed by atoms with Gasteiger partial charge in [0.25, 0.3) is 5.56 Å². The minimum atomic E-state index is -0.313. The number of hydrogen-bond donors (Lipinski definition) is 0. The highest BCUT2D eigenvalue weighted by Gasteiger charge is 2.28. The van der Waals surface area contributed by atoms with Gasteiger partial charge >= 0.3 is 0 Å². The van der Waals surface area contributed by atoms with E-state index in [1.54, 1.807) is 37.3 Å². The lowest BCUT2D eigenvalue weighted by atomic mass is 10.2. The molecule has 2 rings (SSSR count). The SMILES string of the molecule is C=C/C=C\C1=C(C)C(=O)c2nc(=C/C=C)/c(=C\C=C)c(=O)n21. The molecule has 22 heavy (non-hydrogen) atoms. The van der Waals surface area contributed by atoms with Crippen molar-refractivity contribution in [2.24, 2.45) is 0 Å². The van der Waals surface area contributed by atoms with Crippen LogP contribution in [-0.4, -0.2) is 15.3 Å². The van der Waals surface area contributed by atoms with Crippen molar-refractivity contribution in [2.45, 2.75) is 6.92 Å². The molecule has 2 heterocycles. The van der Waals surface area contributed by atoms with Gasteiger partial charge in [-0.1, -0.05) is 44.0 Å². The van der Waals surface area contributed by atoms with E-state index in [1.165, 1.54) is 16.7 Å². The molecule has 0 spiro atoms. The molecule has 0 atom stereocenters. The molecule has 0 saturated carbocycles. The molecule has 4 nitrogen and oxygen atoms in total. The summed E-state index contributed by atoms with van der Waals surface area (Å²) >= 11 is 0. The van der Waals surface area contributed by atoms with E-state index in [-0.39, 0.29) is 17.2 Å². The number of aromatic nitrogens is 2. The van der Waals surface area contributed by atoms with Crippen molar-refractivity contribution < 1.29 is 4.79 Å². The molecule has 0 radical (unpaired) electrons. The highest BCUT2D eigenvalue weighted by atomic mass is 16.1. The number of ketones is 1. The van der Waals surface area contributed by atoms with Crippen LogP contribution in [0.15, 0.2) is 60.5 Å². The maximum absolute atomic E-state index is 12.8. The van der Waals surface area contributed by atoms with Gasteiger partial charge in [0, 0.05) is 5.57 Å². The molecule has 1 aliphatic heterocycles. The fourth-order valence-electron chi connectivity index (χ4n) is 2.25. The van der Waals surface area contributed by atoms with Gasteiger partial charge in [-0.3, -0.25) is 14.2 Å². The molecule has 1 aliphatic rings. The van der Waals surface area contributed by atoms with Gasteiger partial charge in [0.1, 0.15) is 0 Å². The standard InChI is InChI=1S/C18H16N2O2/c1-5-8-11-15-12(4)16(21)17-19-14(10-7-3)13(9-6-2)18(22)20(15)17/h5-11H,1-3H2,4H3/b11-8-,13-9+,14-10+. The number of rotatable bonds is 4. The highest BCUT2D eigenvalue weighted by molar-refractivity contribution is 6.14. The van der Waals surface area contributed by atoms with Crippen LogP contribution in [-0.2, 0) is 0 Å². The van der Waals surface area contributed by atoms with E-state index in [4.69, 9.17) is 0 Å². The van der Waals surface area contributed by atoms with E-state index < -0.39 is 0 Å². The van der Waals surface area contributed by atoms with E-state index in [1.807, 2.05) is 0 Å². The molecular weight excluding hydrogens is 276 g/mol. The van der Waals surface area contributed by atoms with Crippen LogP contribution in [0.2, 0.25) is 0 Å². The van der Waals surface area contributed by atoms with Crippen molar-refractivity contribution in [3.05, 3.63) is 82.4 Å². The van der Waals surface area contributed by atoms with Crippen LogP contribution < -0.4 is 16.1 Å². The Morgan fingerprint density at radius 1 is 1.05 bits per heavy atom. The first-order valence-corrected chi connectivity index (χ1v) is 6.70. The zero-order chi connectivity index (χ0) is 16.3. The second kappa shape index (κ2) is 6.18. The molecule has 1 aromatic heterocycles. The average molecular weight is 292 g/mol. The minimum absolute atomic E-state index is 0.112. The topological polar surface area (TPSA) is 52.0 Å². The van der Waals surface area contributed by atoms with Gasteiger partial charge in [-0.25, -0.2) is 4.98 Å². The number of nitrogens with zero attached hydrogens (tertiary/aromatic N) is 2. The summed E-state index contributed by atoms with van der Waals surface area (Å²) in [6.45, 7) is 12.5. The second-order valence-electron chi connectivity index (χ2n) is 4.61. The van der Waals surface area contributed by atoms with Gasteiger partial charge in [-0.05, 0) is 25.2 Å². The second-order valence-corrected chi connectivity index (χ2v) is 4.61. The first-order chi connectivity index (χ1) is 10.6. The van der Waals surface area contributed by atoms with E-state index in [9.17, 15) is 9.59 Å². The lowest BCUT2D eigenvalue weighted by molar-refractivity contribution is 0.102. The molecule has 0 bridgehead atoms. The van der Waals surface area contributed by atoms with Crippen molar-refractivity contribution in [1.82, 2.24) is 9.55 Å². The predicted molar refractivity (Wildman–Crippen MR) is 89.6 cm³/mol. The van der Waals surface area contributed by atoms with E-state index in [0.717, 1.165) is 0 Å². The lowest BCUT2D eigenvalue weighted by Gasteiger charge is -2.04. The molecule has 4 heteroatoms. The third-order valence-electron chi connectivity index (χ3n) is 3.27. The van der Waals surface area contributed by atoms with Crippen LogP contribution in [0.1, 0.15) is 17.5 Å². The van der Waals surface area contributed by atoms with Crippen LogP contribution in [0, 0.1) is 0 Å². The van der Waals surface area contributed by atoms with Crippen molar-refractivity contribution in [3.63, 3.8) is 0 Å². The highest BCUT2D eigenvalue weighted by Crippen LogP contribution is 2.22. The number of hydrogen-bond acceptors (Lipinski definition) is 3. The Bertz CT molecular complexity index is 925. The average Bonchev–Trinajstić information content (AvgIpc) is 2.74. The number of Topliss-reactive ketones (excluding diaryl/α,β-unsaturated/α-hetero) is 1. The van der Waals surface area contributed by atoms with Gasteiger partial charge in [0.2, 0.25) is 5.78 Å². The summed E-state index contributed by atoms with van der Waals surface area (Å²) in [4.78, 5) is 29.4. The summed E-state index contributed by atoms with van der Waals surface area (Å²) in [6, 6.07) is 0. The van der Waals surface area contributed by atoms with Crippen LogP contribution in [0.3, 0.4) is 0 Å². The van der Waals surface area contributed by atoms with Crippen LogP contribution >= 0.6 is 0 Å². The molecule has 0 aromatic carbocycles. The molecule has 0 unspecified atom stereocenters. The first-order valence-electron chi connectivity index (χ1n) is 6.70. The normalized spacial score (nSPS) is 15.6.